The predicted molar refractivity (Wildman–Crippen MR) is 98.3 cm³/mol. The second-order valence-electron chi connectivity index (χ2n) is 4.99. The minimum absolute atomic E-state index is 0.119. The zero-order valence-electron chi connectivity index (χ0n) is 13.5. The maximum Gasteiger partial charge on any atom is 0.264 e. The Labute approximate surface area is 153 Å². The molecule has 1 amide bonds. The Bertz CT molecular complexity index is 896. The number of anilines is 1. The van der Waals surface area contributed by atoms with E-state index in [2.05, 4.69) is 10.3 Å². The summed E-state index contributed by atoms with van der Waals surface area (Å²) in [5, 5.41) is 3.66. The first-order chi connectivity index (χ1) is 12.1. The van der Waals surface area contributed by atoms with Crippen LogP contribution in [0.2, 0.25) is 5.02 Å². The number of nitrogens with one attached hydrogen (secondary N) is 1. The first-order valence-corrected chi connectivity index (χ1v) is 8.49. The van der Waals surface area contributed by atoms with E-state index in [0.29, 0.717) is 27.2 Å². The van der Waals surface area contributed by atoms with Crippen LogP contribution in [-0.2, 0) is 4.79 Å². The quantitative estimate of drug-likeness (QED) is 0.702. The SMILES string of the molecule is COc1ccc(OCC(=O)Nc2nc3cc(Cl)c(OC)cc3s2)cc1. The largest absolute Gasteiger partial charge is 0.497 e. The number of hydrogen-bond donors (Lipinski definition) is 1. The summed E-state index contributed by atoms with van der Waals surface area (Å²) in [5.41, 5.74) is 0.696. The molecule has 0 radical (unpaired) electrons. The number of benzene rings is 2. The summed E-state index contributed by atoms with van der Waals surface area (Å²) >= 11 is 7.42. The average molecular weight is 379 g/mol. The maximum absolute atomic E-state index is 12.0. The van der Waals surface area contributed by atoms with Crippen LogP contribution >= 0.6 is 22.9 Å². The number of nitrogens with zero attached hydrogens (tertiary/aromatic N) is 1. The predicted octanol–water partition coefficient (Wildman–Crippen LogP) is 3.98. The van der Waals surface area contributed by atoms with Crippen LogP contribution in [0.4, 0.5) is 5.13 Å². The van der Waals surface area contributed by atoms with Crippen molar-refractivity contribution in [2.75, 3.05) is 26.1 Å². The molecule has 0 bridgehead atoms. The Hall–Kier alpha value is -2.51. The second-order valence-corrected chi connectivity index (χ2v) is 6.42. The molecule has 3 aromatic rings. The van der Waals surface area contributed by atoms with Crippen LogP contribution in [0.15, 0.2) is 36.4 Å². The summed E-state index contributed by atoms with van der Waals surface area (Å²) in [7, 11) is 3.14. The van der Waals surface area contributed by atoms with E-state index in [-0.39, 0.29) is 12.5 Å². The molecule has 2 aromatic carbocycles. The van der Waals surface area contributed by atoms with Gasteiger partial charge in [-0.2, -0.15) is 0 Å². The fourth-order valence-corrected chi connectivity index (χ4v) is 3.24. The lowest BCUT2D eigenvalue weighted by Gasteiger charge is -2.06. The third kappa shape index (κ3) is 4.12. The fraction of sp³-hybridized carbons (Fsp3) is 0.176. The standard InChI is InChI=1S/C17H15ClN2O4S/c1-22-10-3-5-11(6-4-10)24-9-16(21)20-17-19-13-7-12(18)14(23-2)8-15(13)25-17/h3-8H,9H2,1-2H3,(H,19,20,21). The molecule has 0 saturated heterocycles. The van der Waals surface area contributed by atoms with Gasteiger partial charge >= 0.3 is 0 Å². The van der Waals surface area contributed by atoms with Gasteiger partial charge in [-0.25, -0.2) is 4.98 Å². The van der Waals surface area contributed by atoms with Crippen molar-refractivity contribution in [1.29, 1.82) is 0 Å². The summed E-state index contributed by atoms with van der Waals surface area (Å²) in [5.74, 6) is 1.57. The highest BCUT2D eigenvalue weighted by atomic mass is 35.5. The Morgan fingerprint density at radius 2 is 1.88 bits per heavy atom. The van der Waals surface area contributed by atoms with Crippen LogP contribution in [0.25, 0.3) is 10.2 Å². The number of hydrogen-bond acceptors (Lipinski definition) is 6. The lowest BCUT2D eigenvalue weighted by molar-refractivity contribution is -0.118. The molecule has 0 spiro atoms. The van der Waals surface area contributed by atoms with Gasteiger partial charge in [0.2, 0.25) is 0 Å². The van der Waals surface area contributed by atoms with Crippen molar-refractivity contribution in [3.63, 3.8) is 0 Å². The minimum atomic E-state index is -0.298. The van der Waals surface area contributed by atoms with Gasteiger partial charge in [0.1, 0.15) is 17.2 Å². The number of aromatic nitrogens is 1. The van der Waals surface area contributed by atoms with Crippen LogP contribution in [-0.4, -0.2) is 31.7 Å². The molecular weight excluding hydrogens is 364 g/mol. The third-order valence-corrected chi connectivity index (χ3v) is 4.57. The summed E-state index contributed by atoms with van der Waals surface area (Å²) < 4.78 is 16.6. The van der Waals surface area contributed by atoms with Crippen molar-refractivity contribution < 1.29 is 19.0 Å². The van der Waals surface area contributed by atoms with E-state index in [1.807, 2.05) is 0 Å². The van der Waals surface area contributed by atoms with E-state index >= 15 is 0 Å². The van der Waals surface area contributed by atoms with Gasteiger partial charge in [0, 0.05) is 6.07 Å². The number of ether oxygens (including phenoxy) is 3. The van der Waals surface area contributed by atoms with E-state index in [1.165, 1.54) is 11.3 Å². The number of halogens is 1. The number of amides is 1. The average Bonchev–Trinajstić information content (AvgIpc) is 3.00. The van der Waals surface area contributed by atoms with Gasteiger partial charge in [0.05, 0.1) is 29.5 Å². The highest BCUT2D eigenvalue weighted by Crippen LogP contribution is 2.34. The molecule has 1 N–H and O–H groups in total. The molecule has 0 saturated carbocycles. The number of thiazole rings is 1. The van der Waals surface area contributed by atoms with Crippen molar-refractivity contribution in [2.45, 2.75) is 0 Å². The van der Waals surface area contributed by atoms with Crippen LogP contribution in [0.5, 0.6) is 17.2 Å². The van der Waals surface area contributed by atoms with Crippen molar-refractivity contribution in [1.82, 2.24) is 4.98 Å². The van der Waals surface area contributed by atoms with Gasteiger partial charge in [-0.3, -0.25) is 10.1 Å². The number of carbonyl (C=O) groups excluding carboxylic acids is 1. The first kappa shape index (κ1) is 17.3. The van der Waals surface area contributed by atoms with Gasteiger partial charge in [0.25, 0.3) is 5.91 Å². The highest BCUT2D eigenvalue weighted by molar-refractivity contribution is 7.22. The van der Waals surface area contributed by atoms with E-state index in [9.17, 15) is 4.79 Å². The molecule has 0 aliphatic carbocycles. The number of rotatable bonds is 6. The van der Waals surface area contributed by atoms with Crippen LogP contribution < -0.4 is 19.5 Å². The van der Waals surface area contributed by atoms with E-state index < -0.39 is 0 Å². The maximum atomic E-state index is 12.0. The van der Waals surface area contributed by atoms with Gasteiger partial charge in [-0.1, -0.05) is 22.9 Å². The zero-order chi connectivity index (χ0) is 17.8. The molecule has 1 heterocycles. The van der Waals surface area contributed by atoms with Crippen molar-refractivity contribution in [2.24, 2.45) is 0 Å². The topological polar surface area (TPSA) is 69.7 Å². The molecule has 1 aromatic heterocycles. The Morgan fingerprint density at radius 1 is 1.16 bits per heavy atom. The molecule has 0 aliphatic rings. The zero-order valence-corrected chi connectivity index (χ0v) is 15.1. The molecule has 0 fully saturated rings. The summed E-state index contributed by atoms with van der Waals surface area (Å²) in [6.07, 6.45) is 0. The third-order valence-electron chi connectivity index (χ3n) is 3.34. The van der Waals surface area contributed by atoms with Gasteiger partial charge in [0.15, 0.2) is 11.7 Å². The molecule has 0 aliphatic heterocycles. The van der Waals surface area contributed by atoms with E-state index in [4.69, 9.17) is 25.8 Å². The fourth-order valence-electron chi connectivity index (χ4n) is 2.12. The van der Waals surface area contributed by atoms with Gasteiger partial charge in [-0.15, -0.1) is 0 Å². The monoisotopic (exact) mass is 378 g/mol. The summed E-state index contributed by atoms with van der Waals surface area (Å²) in [4.78, 5) is 16.4. The number of fused-ring (bicyclic) bond motifs is 1. The van der Waals surface area contributed by atoms with Crippen molar-refractivity contribution in [3.05, 3.63) is 41.4 Å². The molecule has 25 heavy (non-hydrogen) atoms. The van der Waals surface area contributed by atoms with Crippen molar-refractivity contribution in [3.8, 4) is 17.2 Å². The first-order valence-electron chi connectivity index (χ1n) is 7.30. The highest BCUT2D eigenvalue weighted by Gasteiger charge is 2.11. The molecule has 0 unspecified atom stereocenters. The van der Waals surface area contributed by atoms with E-state index in [0.717, 1.165) is 10.4 Å². The number of methoxy groups -OCH3 is 2. The Kier molecular flexibility index (Phi) is 5.25. The molecule has 8 heteroatoms. The minimum Gasteiger partial charge on any atom is -0.497 e. The molecule has 130 valence electrons. The normalized spacial score (nSPS) is 10.5. The summed E-state index contributed by atoms with van der Waals surface area (Å²) in [6.45, 7) is -0.119. The Balaban J connectivity index is 1.63. The Morgan fingerprint density at radius 3 is 2.56 bits per heavy atom. The molecule has 0 atom stereocenters. The smallest absolute Gasteiger partial charge is 0.264 e. The van der Waals surface area contributed by atoms with Crippen LogP contribution in [0.1, 0.15) is 0 Å². The number of carbonyl (C=O) groups is 1. The molecule has 6 nitrogen and oxygen atoms in total. The van der Waals surface area contributed by atoms with Crippen LogP contribution in [0.3, 0.4) is 0 Å². The molecular formula is C17H15ClN2O4S. The van der Waals surface area contributed by atoms with E-state index in [1.54, 1.807) is 50.6 Å². The molecule has 3 rings (SSSR count). The second kappa shape index (κ2) is 7.58. The lowest BCUT2D eigenvalue weighted by atomic mass is 10.3. The van der Waals surface area contributed by atoms with Gasteiger partial charge in [-0.05, 0) is 30.3 Å². The van der Waals surface area contributed by atoms with Crippen molar-refractivity contribution >= 4 is 44.2 Å². The van der Waals surface area contributed by atoms with Crippen LogP contribution in [0, 0.1) is 0 Å². The van der Waals surface area contributed by atoms with Gasteiger partial charge < -0.3 is 14.2 Å². The summed E-state index contributed by atoms with van der Waals surface area (Å²) in [6, 6.07) is 10.5. The lowest BCUT2D eigenvalue weighted by Crippen LogP contribution is -2.19.